The van der Waals surface area contributed by atoms with E-state index >= 15 is 0 Å². The van der Waals surface area contributed by atoms with Crippen LogP contribution < -0.4 is 5.32 Å². The summed E-state index contributed by atoms with van der Waals surface area (Å²) in [6.07, 6.45) is -3.75. The number of nitrogens with zero attached hydrogens (tertiary/aromatic N) is 5. The Kier molecular flexibility index (Phi) is 4.72. The molecule has 0 aliphatic heterocycles. The monoisotopic (exact) mass is 390 g/mol. The fourth-order valence-corrected chi connectivity index (χ4v) is 2.40. The summed E-state index contributed by atoms with van der Waals surface area (Å²) in [5.41, 5.74) is -2.04. The molecule has 3 aromatic rings. The van der Waals surface area contributed by atoms with Crippen LogP contribution in [0.4, 0.5) is 27.9 Å². The average molecular weight is 391 g/mol. The number of benzene rings is 1. The molecule has 136 valence electrons. The van der Waals surface area contributed by atoms with E-state index in [9.17, 15) is 22.0 Å². The maximum absolute atomic E-state index is 14.4. The van der Waals surface area contributed by atoms with Gasteiger partial charge >= 0.3 is 6.18 Å². The van der Waals surface area contributed by atoms with E-state index in [2.05, 4.69) is 25.8 Å². The molecule has 0 spiro atoms. The van der Waals surface area contributed by atoms with Crippen LogP contribution in [-0.4, -0.2) is 25.2 Å². The van der Waals surface area contributed by atoms with Gasteiger partial charge in [-0.1, -0.05) is 22.8 Å². The van der Waals surface area contributed by atoms with Crippen molar-refractivity contribution in [3.05, 3.63) is 58.4 Å². The Bertz CT molecular complexity index is 942. The number of hydrogen-bond acceptors (Lipinski definition) is 5. The van der Waals surface area contributed by atoms with Crippen molar-refractivity contribution in [1.29, 1.82) is 0 Å². The zero-order chi connectivity index (χ0) is 18.9. The molecule has 0 radical (unpaired) electrons. The standard InChI is InChI=1S/C14H8ClF5N6/c15-8-3-4-9(11(16)10(8)14(18,19)20)26-13(23-24-25-26)22-6-7-2-1-5-21-12(7)17/h1-5H,6H2,(H,22,23,25). The number of nitrogens with one attached hydrogen (secondary N) is 1. The van der Waals surface area contributed by atoms with E-state index in [0.29, 0.717) is 0 Å². The third kappa shape index (κ3) is 3.43. The highest BCUT2D eigenvalue weighted by Gasteiger charge is 2.38. The van der Waals surface area contributed by atoms with Gasteiger partial charge in [0.25, 0.3) is 0 Å². The molecule has 0 aliphatic carbocycles. The number of halogens is 6. The molecule has 2 heterocycles. The van der Waals surface area contributed by atoms with Gasteiger partial charge in [0.1, 0.15) is 11.3 Å². The summed E-state index contributed by atoms with van der Waals surface area (Å²) in [6, 6.07) is 4.82. The third-order valence-corrected chi connectivity index (χ3v) is 3.64. The highest BCUT2D eigenvalue weighted by molar-refractivity contribution is 6.31. The lowest BCUT2D eigenvalue weighted by molar-refractivity contribution is -0.139. The number of aromatic nitrogens is 5. The van der Waals surface area contributed by atoms with Gasteiger partial charge in [-0.25, -0.2) is 9.37 Å². The second kappa shape index (κ2) is 6.83. The van der Waals surface area contributed by atoms with Crippen LogP contribution in [0.25, 0.3) is 5.69 Å². The van der Waals surface area contributed by atoms with E-state index in [4.69, 9.17) is 11.6 Å². The third-order valence-electron chi connectivity index (χ3n) is 3.33. The first-order valence-electron chi connectivity index (χ1n) is 6.96. The second-order valence-electron chi connectivity index (χ2n) is 4.97. The molecule has 0 fully saturated rings. The van der Waals surface area contributed by atoms with Crippen molar-refractivity contribution in [2.24, 2.45) is 0 Å². The largest absolute Gasteiger partial charge is 0.420 e. The smallest absolute Gasteiger partial charge is 0.349 e. The summed E-state index contributed by atoms with van der Waals surface area (Å²) in [7, 11) is 0. The van der Waals surface area contributed by atoms with Gasteiger partial charge in [0.2, 0.25) is 11.9 Å². The first-order chi connectivity index (χ1) is 12.3. The zero-order valence-corrected chi connectivity index (χ0v) is 13.4. The molecule has 1 N–H and O–H groups in total. The molecule has 2 aromatic heterocycles. The van der Waals surface area contributed by atoms with E-state index in [1.807, 2.05) is 0 Å². The summed E-state index contributed by atoms with van der Waals surface area (Å²) in [5, 5.41) is 12.1. The van der Waals surface area contributed by atoms with Gasteiger partial charge in [0, 0.05) is 18.3 Å². The molecule has 3 rings (SSSR count). The Hall–Kier alpha value is -2.82. The molecule has 6 nitrogen and oxygen atoms in total. The van der Waals surface area contributed by atoms with Crippen LogP contribution in [-0.2, 0) is 12.7 Å². The Morgan fingerprint density at radius 2 is 1.92 bits per heavy atom. The summed E-state index contributed by atoms with van der Waals surface area (Å²) in [6.45, 7) is -0.124. The first kappa shape index (κ1) is 18.0. The molecule has 0 amide bonds. The van der Waals surface area contributed by atoms with Crippen LogP contribution in [0.3, 0.4) is 0 Å². The van der Waals surface area contributed by atoms with Crippen molar-refractivity contribution in [3.8, 4) is 5.69 Å². The fourth-order valence-electron chi connectivity index (χ4n) is 2.15. The second-order valence-corrected chi connectivity index (χ2v) is 5.38. The molecule has 0 bridgehead atoms. The Morgan fingerprint density at radius 1 is 1.15 bits per heavy atom. The van der Waals surface area contributed by atoms with Crippen molar-refractivity contribution in [1.82, 2.24) is 25.2 Å². The van der Waals surface area contributed by atoms with E-state index in [1.165, 1.54) is 18.3 Å². The quantitative estimate of drug-likeness (QED) is 0.544. The molecular weight excluding hydrogens is 383 g/mol. The minimum atomic E-state index is -5.00. The number of hydrogen-bond donors (Lipinski definition) is 1. The lowest BCUT2D eigenvalue weighted by Gasteiger charge is -2.14. The average Bonchev–Trinajstić information content (AvgIpc) is 3.01. The number of pyridine rings is 1. The van der Waals surface area contributed by atoms with Crippen molar-refractivity contribution in [2.45, 2.75) is 12.7 Å². The number of anilines is 1. The fraction of sp³-hybridized carbons (Fsp3) is 0.143. The summed E-state index contributed by atoms with van der Waals surface area (Å²) in [4.78, 5) is 3.46. The summed E-state index contributed by atoms with van der Waals surface area (Å²) >= 11 is 5.46. The van der Waals surface area contributed by atoms with Crippen molar-refractivity contribution >= 4 is 17.5 Å². The molecule has 0 atom stereocenters. The Morgan fingerprint density at radius 3 is 2.62 bits per heavy atom. The topological polar surface area (TPSA) is 68.5 Å². The van der Waals surface area contributed by atoms with Crippen LogP contribution >= 0.6 is 11.6 Å². The van der Waals surface area contributed by atoms with Crippen molar-refractivity contribution in [3.63, 3.8) is 0 Å². The maximum Gasteiger partial charge on any atom is 0.420 e. The van der Waals surface area contributed by atoms with Gasteiger partial charge in [-0.3, -0.25) is 0 Å². The van der Waals surface area contributed by atoms with Crippen molar-refractivity contribution < 1.29 is 22.0 Å². The van der Waals surface area contributed by atoms with E-state index < -0.39 is 34.2 Å². The number of tetrazole rings is 1. The minimum absolute atomic E-state index is 0.124. The SMILES string of the molecule is Fc1ncccc1CNc1nnnn1-c1ccc(Cl)c(C(F)(F)F)c1F. The summed E-state index contributed by atoms with van der Waals surface area (Å²) in [5.74, 6) is -2.56. The highest BCUT2D eigenvalue weighted by atomic mass is 35.5. The predicted octanol–water partition coefficient (Wildman–Crippen LogP) is 3.62. The molecule has 0 aliphatic rings. The minimum Gasteiger partial charge on any atom is -0.349 e. The molecule has 12 heteroatoms. The molecule has 26 heavy (non-hydrogen) atoms. The van der Waals surface area contributed by atoms with E-state index in [0.717, 1.165) is 16.8 Å². The lowest BCUT2D eigenvalue weighted by atomic mass is 10.1. The highest BCUT2D eigenvalue weighted by Crippen LogP contribution is 2.38. The van der Waals surface area contributed by atoms with Crippen LogP contribution in [0.1, 0.15) is 11.1 Å². The molecular formula is C14H8ClF5N6. The molecule has 1 aromatic carbocycles. The first-order valence-corrected chi connectivity index (χ1v) is 7.34. The van der Waals surface area contributed by atoms with Gasteiger partial charge in [0.15, 0.2) is 5.82 Å². The normalized spacial score (nSPS) is 11.6. The maximum atomic E-state index is 14.4. The number of rotatable bonds is 4. The van der Waals surface area contributed by atoms with Gasteiger partial charge in [-0.2, -0.15) is 22.2 Å². The van der Waals surface area contributed by atoms with Gasteiger partial charge in [-0.15, -0.1) is 0 Å². The molecule has 0 unspecified atom stereocenters. The Balaban J connectivity index is 1.95. The van der Waals surface area contributed by atoms with Crippen molar-refractivity contribution in [2.75, 3.05) is 5.32 Å². The molecule has 0 saturated heterocycles. The van der Waals surface area contributed by atoms with Crippen LogP contribution in [0.2, 0.25) is 5.02 Å². The predicted molar refractivity (Wildman–Crippen MR) is 80.6 cm³/mol. The van der Waals surface area contributed by atoms with Gasteiger partial charge < -0.3 is 5.32 Å². The Labute approximate surface area is 147 Å². The molecule has 0 saturated carbocycles. The van der Waals surface area contributed by atoms with E-state index in [-0.39, 0.29) is 18.1 Å². The van der Waals surface area contributed by atoms with E-state index in [1.54, 1.807) is 0 Å². The van der Waals surface area contributed by atoms with Gasteiger partial charge in [0.05, 0.1) is 5.02 Å². The zero-order valence-electron chi connectivity index (χ0n) is 12.6. The van der Waals surface area contributed by atoms with Crippen LogP contribution in [0.5, 0.6) is 0 Å². The lowest BCUT2D eigenvalue weighted by Crippen LogP contribution is -2.14. The summed E-state index contributed by atoms with van der Waals surface area (Å²) < 4.78 is 67.6. The van der Waals surface area contributed by atoms with Crippen LogP contribution in [0.15, 0.2) is 30.5 Å². The van der Waals surface area contributed by atoms with Crippen LogP contribution in [0, 0.1) is 11.8 Å². The van der Waals surface area contributed by atoms with Gasteiger partial charge in [-0.05, 0) is 28.6 Å². The number of alkyl halides is 3.